The molecule has 1 aliphatic rings. The lowest BCUT2D eigenvalue weighted by Gasteiger charge is -2.12. The maximum absolute atomic E-state index is 12.4. The van der Waals surface area contributed by atoms with Crippen LogP contribution in [-0.4, -0.2) is 23.8 Å². The lowest BCUT2D eigenvalue weighted by Crippen LogP contribution is -2.38. The summed E-state index contributed by atoms with van der Waals surface area (Å²) >= 11 is 0. The zero-order valence-corrected chi connectivity index (χ0v) is 4.92. The molecule has 0 amide bonds. The van der Waals surface area contributed by atoms with E-state index in [-0.39, 0.29) is 0 Å². The van der Waals surface area contributed by atoms with Crippen LogP contribution in [0.2, 0.25) is 0 Å². The van der Waals surface area contributed by atoms with Crippen molar-refractivity contribution in [3.8, 4) is 6.19 Å². The van der Waals surface area contributed by atoms with Gasteiger partial charge in [0.2, 0.25) is 0 Å². The van der Waals surface area contributed by atoms with Crippen LogP contribution in [-0.2, 0) is 0 Å². The van der Waals surface area contributed by atoms with Crippen LogP contribution in [0.3, 0.4) is 0 Å². The summed E-state index contributed by atoms with van der Waals surface area (Å²) in [5.74, 6) is 0. The van der Waals surface area contributed by atoms with Crippen LogP contribution in [0.4, 0.5) is 4.39 Å². The first-order valence-electron chi connectivity index (χ1n) is 2.81. The van der Waals surface area contributed by atoms with E-state index in [1.165, 1.54) is 4.90 Å². The van der Waals surface area contributed by atoms with E-state index in [1.54, 1.807) is 0 Å². The van der Waals surface area contributed by atoms with Crippen molar-refractivity contribution in [1.82, 2.24) is 4.90 Å². The summed E-state index contributed by atoms with van der Waals surface area (Å²) in [5.41, 5.74) is 5.26. The molecule has 0 spiro atoms. The quantitative estimate of drug-likeness (QED) is 0.461. The largest absolute Gasteiger partial charge is 0.308 e. The van der Waals surface area contributed by atoms with Crippen LogP contribution in [0, 0.1) is 11.5 Å². The van der Waals surface area contributed by atoms with Crippen LogP contribution in [0.5, 0.6) is 0 Å². The number of rotatable bonds is 0. The van der Waals surface area contributed by atoms with E-state index in [2.05, 4.69) is 0 Å². The van der Waals surface area contributed by atoms with Crippen LogP contribution in [0.25, 0.3) is 0 Å². The molecule has 1 saturated heterocycles. The molecule has 4 heteroatoms. The Bertz CT molecular complexity index is 142. The molecule has 0 saturated carbocycles. The molecule has 0 aromatic carbocycles. The van der Waals surface area contributed by atoms with Crippen LogP contribution >= 0.6 is 0 Å². The second-order valence-corrected chi connectivity index (χ2v) is 2.09. The van der Waals surface area contributed by atoms with Gasteiger partial charge in [-0.1, -0.05) is 0 Å². The second-order valence-electron chi connectivity index (χ2n) is 2.09. The van der Waals surface area contributed by atoms with Crippen molar-refractivity contribution in [2.45, 2.75) is 18.8 Å². The fourth-order valence-corrected chi connectivity index (χ4v) is 0.894. The molecular weight excluding hydrogens is 121 g/mol. The molecule has 0 aromatic heterocycles. The smallest absolute Gasteiger partial charge is 0.180 e. The summed E-state index contributed by atoms with van der Waals surface area (Å²) < 4.78 is 12.4. The minimum absolute atomic E-state index is 0.384. The summed E-state index contributed by atoms with van der Waals surface area (Å²) in [6.45, 7) is 0.457. The zero-order chi connectivity index (χ0) is 6.85. The highest BCUT2D eigenvalue weighted by Crippen LogP contribution is 2.15. The zero-order valence-electron chi connectivity index (χ0n) is 4.92. The van der Waals surface area contributed by atoms with Crippen molar-refractivity contribution in [1.29, 1.82) is 5.26 Å². The van der Waals surface area contributed by atoms with Crippen molar-refractivity contribution >= 4 is 0 Å². The Morgan fingerprint density at radius 1 is 1.78 bits per heavy atom. The van der Waals surface area contributed by atoms with E-state index in [4.69, 9.17) is 11.0 Å². The number of nitriles is 1. The second kappa shape index (κ2) is 2.19. The first kappa shape index (κ1) is 6.30. The van der Waals surface area contributed by atoms with Gasteiger partial charge >= 0.3 is 0 Å². The maximum atomic E-state index is 12.4. The number of alkyl halides is 1. The number of likely N-dealkylation sites (tertiary alicyclic amines) is 1. The molecule has 50 valence electrons. The highest BCUT2D eigenvalue weighted by molar-refractivity contribution is 4.90. The highest BCUT2D eigenvalue weighted by atomic mass is 19.1. The number of nitrogens with two attached hydrogens (primary N) is 1. The molecule has 9 heavy (non-hydrogen) atoms. The van der Waals surface area contributed by atoms with Gasteiger partial charge in [-0.25, -0.2) is 4.39 Å². The van der Waals surface area contributed by atoms with Gasteiger partial charge in [0.05, 0.1) is 0 Å². The molecule has 2 atom stereocenters. The summed E-state index contributed by atoms with van der Waals surface area (Å²) in [4.78, 5) is 1.25. The predicted octanol–water partition coefficient (Wildman–Crippen LogP) is -0.204. The Kier molecular flexibility index (Phi) is 1.54. The van der Waals surface area contributed by atoms with Crippen LogP contribution < -0.4 is 5.73 Å². The Hall–Kier alpha value is -0.820. The Labute approximate surface area is 52.9 Å². The van der Waals surface area contributed by atoms with Gasteiger partial charge in [-0.3, -0.25) is 4.90 Å². The summed E-state index contributed by atoms with van der Waals surface area (Å²) in [7, 11) is 0. The van der Waals surface area contributed by atoms with Crippen molar-refractivity contribution in [3.63, 3.8) is 0 Å². The number of hydrogen-bond donors (Lipinski definition) is 1. The van der Waals surface area contributed by atoms with Gasteiger partial charge < -0.3 is 5.73 Å². The topological polar surface area (TPSA) is 53.0 Å². The lowest BCUT2D eigenvalue weighted by atomic mass is 10.3. The van der Waals surface area contributed by atoms with E-state index < -0.39 is 12.3 Å². The fraction of sp³-hybridized carbons (Fsp3) is 0.800. The summed E-state index contributed by atoms with van der Waals surface area (Å²) in [6.07, 6.45) is 0.474. The third-order valence-corrected chi connectivity index (χ3v) is 1.50. The van der Waals surface area contributed by atoms with Crippen LogP contribution in [0.1, 0.15) is 6.42 Å². The van der Waals surface area contributed by atoms with Gasteiger partial charge in [0.25, 0.3) is 0 Å². The number of nitrogens with zero attached hydrogens (tertiary/aromatic N) is 2. The first-order chi connectivity index (χ1) is 4.25. The molecule has 0 bridgehead atoms. The number of halogens is 1. The Morgan fingerprint density at radius 3 is 2.67 bits per heavy atom. The molecule has 1 aliphatic heterocycles. The molecule has 1 rings (SSSR count). The minimum atomic E-state index is -1.02. The maximum Gasteiger partial charge on any atom is 0.180 e. The monoisotopic (exact) mass is 129 g/mol. The van der Waals surface area contributed by atoms with Gasteiger partial charge in [-0.2, -0.15) is 5.26 Å². The molecule has 0 radical (unpaired) electrons. The van der Waals surface area contributed by atoms with E-state index in [0.717, 1.165) is 0 Å². The summed E-state index contributed by atoms with van der Waals surface area (Å²) in [6, 6.07) is 0. The Balaban J connectivity index is 2.54. The minimum Gasteiger partial charge on any atom is -0.308 e. The molecule has 0 aromatic rings. The van der Waals surface area contributed by atoms with E-state index in [0.29, 0.717) is 13.0 Å². The van der Waals surface area contributed by atoms with Gasteiger partial charge in [0.15, 0.2) is 6.19 Å². The van der Waals surface area contributed by atoms with Crippen LogP contribution in [0.15, 0.2) is 0 Å². The van der Waals surface area contributed by atoms with Crippen molar-refractivity contribution in [2.24, 2.45) is 5.73 Å². The Morgan fingerprint density at radius 2 is 2.44 bits per heavy atom. The third-order valence-electron chi connectivity index (χ3n) is 1.50. The molecule has 1 fully saturated rings. The molecule has 3 nitrogen and oxygen atoms in total. The highest BCUT2D eigenvalue weighted by Gasteiger charge is 2.29. The van der Waals surface area contributed by atoms with E-state index in [1.807, 2.05) is 6.19 Å². The molecule has 2 N–H and O–H groups in total. The SMILES string of the molecule is N#CN1CCC(F)C1N. The molecular formula is C5H8FN3. The average Bonchev–Trinajstić information content (AvgIpc) is 2.15. The van der Waals surface area contributed by atoms with Gasteiger partial charge in [0.1, 0.15) is 12.3 Å². The van der Waals surface area contributed by atoms with Gasteiger partial charge in [-0.05, 0) is 0 Å². The fourth-order valence-electron chi connectivity index (χ4n) is 0.894. The normalized spacial score (nSPS) is 34.6. The first-order valence-corrected chi connectivity index (χ1v) is 2.81. The van der Waals surface area contributed by atoms with Crippen molar-refractivity contribution in [2.75, 3.05) is 6.54 Å². The standard InChI is InChI=1S/C5H8FN3/c6-4-1-2-9(3-7)5(4)8/h4-5H,1-2,8H2. The summed E-state index contributed by atoms with van der Waals surface area (Å²) in [5, 5.41) is 8.28. The molecule has 2 unspecified atom stereocenters. The predicted molar refractivity (Wildman–Crippen MR) is 29.8 cm³/mol. The van der Waals surface area contributed by atoms with Gasteiger partial charge in [0, 0.05) is 13.0 Å². The molecule has 0 aliphatic carbocycles. The van der Waals surface area contributed by atoms with E-state index in [9.17, 15) is 4.39 Å². The third kappa shape index (κ3) is 0.958. The lowest BCUT2D eigenvalue weighted by molar-refractivity contribution is 0.251. The van der Waals surface area contributed by atoms with E-state index >= 15 is 0 Å². The molecule has 1 heterocycles. The average molecular weight is 129 g/mol. The number of hydrogen-bond acceptors (Lipinski definition) is 3. The van der Waals surface area contributed by atoms with Crippen molar-refractivity contribution in [3.05, 3.63) is 0 Å². The van der Waals surface area contributed by atoms with Gasteiger partial charge in [-0.15, -0.1) is 0 Å². The van der Waals surface area contributed by atoms with Crippen molar-refractivity contribution < 1.29 is 4.39 Å².